The highest BCUT2D eigenvalue weighted by molar-refractivity contribution is 6.31. The summed E-state index contributed by atoms with van der Waals surface area (Å²) in [5, 5.41) is 9.72. The highest BCUT2D eigenvalue weighted by Gasteiger charge is 2.15. The molecule has 5 N–H and O–H groups in total. The van der Waals surface area contributed by atoms with Crippen LogP contribution in [0.15, 0.2) is 27.4 Å². The van der Waals surface area contributed by atoms with E-state index in [4.69, 9.17) is 32.6 Å². The lowest BCUT2D eigenvalue weighted by atomic mass is 10.1. The highest BCUT2D eigenvalue weighted by Crippen LogP contribution is 2.21. The maximum absolute atomic E-state index is 12.2. The van der Waals surface area contributed by atoms with E-state index in [0.717, 1.165) is 0 Å². The first kappa shape index (κ1) is 12.9. The van der Waals surface area contributed by atoms with Crippen LogP contribution < -0.4 is 16.9 Å². The molecule has 0 saturated carbocycles. The van der Waals surface area contributed by atoms with Crippen LogP contribution in [0.4, 0.5) is 5.88 Å². The first-order chi connectivity index (χ1) is 8.52. The lowest BCUT2D eigenvalue weighted by Crippen LogP contribution is -2.30. The van der Waals surface area contributed by atoms with Crippen LogP contribution in [-0.2, 0) is 6.42 Å². The Morgan fingerprint density at radius 2 is 2.17 bits per heavy atom. The first-order valence-electron chi connectivity index (χ1n) is 5.40. The van der Waals surface area contributed by atoms with E-state index in [1.807, 2.05) is 0 Å². The smallest absolute Gasteiger partial charge is 0.198 e. The van der Waals surface area contributed by atoms with E-state index in [1.54, 1.807) is 12.1 Å². The SMILES string of the molecule is Nc1oc2ccc(Cl)cc2c(=O)c1CC(N)CO. The fourth-order valence-corrected chi connectivity index (χ4v) is 1.92. The van der Waals surface area contributed by atoms with Gasteiger partial charge in [-0.05, 0) is 24.6 Å². The van der Waals surface area contributed by atoms with Gasteiger partial charge in [0.2, 0.25) is 0 Å². The van der Waals surface area contributed by atoms with Gasteiger partial charge >= 0.3 is 0 Å². The van der Waals surface area contributed by atoms with E-state index in [1.165, 1.54) is 6.07 Å². The second-order valence-electron chi connectivity index (χ2n) is 4.06. The highest BCUT2D eigenvalue weighted by atomic mass is 35.5. The molecule has 0 aliphatic heterocycles. The Bertz CT molecular complexity index is 639. The number of halogens is 1. The van der Waals surface area contributed by atoms with Gasteiger partial charge in [0, 0.05) is 11.1 Å². The molecule has 0 radical (unpaired) electrons. The van der Waals surface area contributed by atoms with E-state index < -0.39 is 6.04 Å². The van der Waals surface area contributed by atoms with E-state index in [-0.39, 0.29) is 29.9 Å². The lowest BCUT2D eigenvalue weighted by Gasteiger charge is -2.10. The molecule has 0 spiro atoms. The van der Waals surface area contributed by atoms with Crippen molar-refractivity contribution >= 4 is 28.5 Å². The monoisotopic (exact) mass is 268 g/mol. The van der Waals surface area contributed by atoms with Crippen molar-refractivity contribution in [1.82, 2.24) is 0 Å². The molecule has 2 aromatic rings. The maximum atomic E-state index is 12.2. The maximum Gasteiger partial charge on any atom is 0.198 e. The summed E-state index contributed by atoms with van der Waals surface area (Å²) in [6.45, 7) is -0.230. The van der Waals surface area contributed by atoms with Gasteiger partial charge < -0.3 is 21.0 Å². The van der Waals surface area contributed by atoms with Crippen LogP contribution in [0, 0.1) is 0 Å². The third-order valence-corrected chi connectivity index (χ3v) is 2.91. The van der Waals surface area contributed by atoms with Crippen LogP contribution in [0.5, 0.6) is 0 Å². The molecule has 6 heteroatoms. The molecule has 1 unspecified atom stereocenters. The zero-order valence-corrected chi connectivity index (χ0v) is 10.3. The topological polar surface area (TPSA) is 102 Å². The lowest BCUT2D eigenvalue weighted by molar-refractivity contribution is 0.265. The molecule has 1 atom stereocenters. The van der Waals surface area contributed by atoms with E-state index in [2.05, 4.69) is 0 Å². The molecular formula is C12H13ClN2O3. The van der Waals surface area contributed by atoms with Crippen LogP contribution >= 0.6 is 11.6 Å². The Balaban J connectivity index is 2.63. The summed E-state index contributed by atoms with van der Waals surface area (Å²) in [4.78, 5) is 12.2. The molecule has 1 aromatic carbocycles. The molecule has 0 aliphatic carbocycles. The van der Waals surface area contributed by atoms with Crippen LogP contribution in [-0.4, -0.2) is 17.8 Å². The van der Waals surface area contributed by atoms with Crippen LogP contribution in [0.1, 0.15) is 5.56 Å². The number of aliphatic hydroxyl groups excluding tert-OH is 1. The molecule has 0 saturated heterocycles. The number of aliphatic hydroxyl groups is 1. The van der Waals surface area contributed by atoms with Gasteiger partial charge in [0.25, 0.3) is 0 Å². The van der Waals surface area contributed by atoms with Crippen molar-refractivity contribution in [3.8, 4) is 0 Å². The van der Waals surface area contributed by atoms with Crippen molar-refractivity contribution in [2.24, 2.45) is 5.73 Å². The minimum atomic E-state index is -0.549. The van der Waals surface area contributed by atoms with Crippen molar-refractivity contribution in [1.29, 1.82) is 0 Å². The number of hydrogen-bond donors (Lipinski definition) is 3. The third-order valence-electron chi connectivity index (χ3n) is 2.68. The van der Waals surface area contributed by atoms with Crippen LogP contribution in [0.25, 0.3) is 11.0 Å². The molecule has 0 fully saturated rings. The number of benzene rings is 1. The normalized spacial score (nSPS) is 12.8. The Morgan fingerprint density at radius 3 is 2.83 bits per heavy atom. The average molecular weight is 269 g/mol. The van der Waals surface area contributed by atoms with Gasteiger partial charge in [0.05, 0.1) is 17.6 Å². The van der Waals surface area contributed by atoms with Gasteiger partial charge in [-0.2, -0.15) is 0 Å². The molecule has 0 bridgehead atoms. The number of hydrogen-bond acceptors (Lipinski definition) is 5. The van der Waals surface area contributed by atoms with Crippen LogP contribution in [0.3, 0.4) is 0 Å². The Kier molecular flexibility index (Phi) is 3.56. The molecule has 2 rings (SSSR count). The van der Waals surface area contributed by atoms with Crippen molar-refractivity contribution in [3.63, 3.8) is 0 Å². The standard InChI is InChI=1S/C12H13ClN2O3/c13-6-1-2-10-8(3-6)11(17)9(12(15)18-10)4-7(14)5-16/h1-3,7,16H,4-5,14-15H2. The number of rotatable bonds is 3. The number of anilines is 1. The fourth-order valence-electron chi connectivity index (χ4n) is 1.74. The average Bonchev–Trinajstić information content (AvgIpc) is 2.35. The van der Waals surface area contributed by atoms with Gasteiger partial charge in [-0.3, -0.25) is 4.79 Å². The van der Waals surface area contributed by atoms with Crippen molar-refractivity contribution in [3.05, 3.63) is 39.0 Å². The van der Waals surface area contributed by atoms with Gasteiger partial charge in [-0.1, -0.05) is 11.6 Å². The second kappa shape index (κ2) is 4.97. The summed E-state index contributed by atoms with van der Waals surface area (Å²) in [6, 6.07) is 4.18. The van der Waals surface area contributed by atoms with Crippen molar-refractivity contribution in [2.75, 3.05) is 12.3 Å². The summed E-state index contributed by atoms with van der Waals surface area (Å²) in [7, 11) is 0. The van der Waals surface area contributed by atoms with E-state index in [9.17, 15) is 4.79 Å². The van der Waals surface area contributed by atoms with Gasteiger partial charge in [0.1, 0.15) is 5.58 Å². The number of nitrogens with two attached hydrogens (primary N) is 2. The van der Waals surface area contributed by atoms with Gasteiger partial charge in [-0.25, -0.2) is 0 Å². The number of nitrogen functional groups attached to an aromatic ring is 1. The second-order valence-corrected chi connectivity index (χ2v) is 4.50. The summed E-state index contributed by atoms with van der Waals surface area (Å²) in [5.74, 6) is 0.0266. The molecule has 1 heterocycles. The zero-order chi connectivity index (χ0) is 13.3. The Morgan fingerprint density at radius 1 is 1.44 bits per heavy atom. The Labute approximate surface area is 108 Å². The predicted molar refractivity (Wildman–Crippen MR) is 70.7 cm³/mol. The minimum absolute atomic E-state index is 0.0266. The van der Waals surface area contributed by atoms with E-state index in [0.29, 0.717) is 16.0 Å². The van der Waals surface area contributed by atoms with Gasteiger partial charge in [0.15, 0.2) is 11.3 Å². The van der Waals surface area contributed by atoms with Crippen LogP contribution in [0.2, 0.25) is 5.02 Å². The van der Waals surface area contributed by atoms with Crippen molar-refractivity contribution in [2.45, 2.75) is 12.5 Å². The molecule has 96 valence electrons. The Hall–Kier alpha value is -1.56. The fraction of sp³-hybridized carbons (Fsp3) is 0.250. The number of fused-ring (bicyclic) bond motifs is 1. The molecule has 0 aliphatic rings. The molecule has 18 heavy (non-hydrogen) atoms. The third kappa shape index (κ3) is 2.33. The van der Waals surface area contributed by atoms with Gasteiger partial charge in [-0.15, -0.1) is 0 Å². The summed E-state index contributed by atoms with van der Waals surface area (Å²) < 4.78 is 5.36. The predicted octanol–water partition coefficient (Wildman–Crippen LogP) is 0.891. The molecular weight excluding hydrogens is 256 g/mol. The summed E-state index contributed by atoms with van der Waals surface area (Å²) in [5.41, 5.74) is 11.7. The molecule has 1 aromatic heterocycles. The molecule has 0 amide bonds. The minimum Gasteiger partial charge on any atom is -0.440 e. The largest absolute Gasteiger partial charge is 0.440 e. The summed E-state index contributed by atoms with van der Waals surface area (Å²) in [6.07, 6.45) is 0.160. The zero-order valence-electron chi connectivity index (χ0n) is 9.52. The van der Waals surface area contributed by atoms with E-state index >= 15 is 0 Å². The first-order valence-corrected chi connectivity index (χ1v) is 5.78. The summed E-state index contributed by atoms with van der Waals surface area (Å²) >= 11 is 5.84. The molecule has 5 nitrogen and oxygen atoms in total. The quantitative estimate of drug-likeness (QED) is 0.767. The van der Waals surface area contributed by atoms with Crippen molar-refractivity contribution < 1.29 is 9.52 Å².